The first-order valence-electron chi connectivity index (χ1n) is 3.28. The van der Waals surface area contributed by atoms with Crippen LogP contribution in [0, 0.1) is 12.0 Å². The highest BCUT2D eigenvalue weighted by Gasteiger charge is 2.17. The Bertz CT molecular complexity index is 342. The van der Waals surface area contributed by atoms with E-state index < -0.39 is 5.82 Å². The largest absolute Gasteiger partial charge is 0.375 e. The zero-order valence-electron chi connectivity index (χ0n) is 5.93. The van der Waals surface area contributed by atoms with E-state index in [2.05, 4.69) is 16.5 Å². The summed E-state index contributed by atoms with van der Waals surface area (Å²) in [4.78, 5) is 14.5. The average Bonchev–Trinajstić information content (AvgIpc) is 2.05. The molecule has 5 heteroatoms. The Morgan fingerprint density at radius 3 is 3.42 bits per heavy atom. The van der Waals surface area contributed by atoms with Crippen molar-refractivity contribution in [3.05, 3.63) is 18.1 Å². The molecule has 61 valence electrons. The number of nitrogens with zero attached hydrogens (tertiary/aromatic N) is 1. The monoisotopic (exact) mass is 183 g/mol. The molecule has 1 radical (unpaired) electrons. The predicted octanol–water partition coefficient (Wildman–Crippen LogP) is 1.07. The van der Waals surface area contributed by atoms with Gasteiger partial charge in [0.15, 0.2) is 5.82 Å². The summed E-state index contributed by atoms with van der Waals surface area (Å²) < 4.78 is 12.5. The van der Waals surface area contributed by atoms with Crippen LogP contribution in [0.2, 0.25) is 0 Å². The van der Waals surface area contributed by atoms with Crippen LogP contribution in [-0.4, -0.2) is 16.6 Å². The molecular formula is C7H4FN2OS. The maximum absolute atomic E-state index is 12.5. The van der Waals surface area contributed by atoms with E-state index in [1.165, 1.54) is 6.07 Å². The van der Waals surface area contributed by atoms with Gasteiger partial charge in [-0.05, 0) is 11.8 Å². The molecule has 0 unspecified atom stereocenters. The second-order valence-electron chi connectivity index (χ2n) is 2.26. The van der Waals surface area contributed by atoms with Crippen LogP contribution in [0.25, 0.3) is 0 Å². The molecule has 12 heavy (non-hydrogen) atoms. The number of rotatable bonds is 0. The molecule has 0 aliphatic carbocycles. The number of thioether (sulfide) groups is 1. The van der Waals surface area contributed by atoms with E-state index in [0.717, 1.165) is 11.8 Å². The molecule has 2 rings (SSSR count). The number of fused-ring (bicyclic) bond motifs is 1. The molecule has 0 spiro atoms. The van der Waals surface area contributed by atoms with Gasteiger partial charge in [-0.3, -0.25) is 4.79 Å². The molecule has 1 aromatic rings. The lowest BCUT2D eigenvalue weighted by Crippen LogP contribution is -2.16. The first-order chi connectivity index (χ1) is 5.75. The van der Waals surface area contributed by atoms with E-state index >= 15 is 0 Å². The van der Waals surface area contributed by atoms with Gasteiger partial charge in [0.2, 0.25) is 5.12 Å². The normalized spacial score (nSPS) is 15.2. The van der Waals surface area contributed by atoms with E-state index in [1.54, 1.807) is 0 Å². The van der Waals surface area contributed by atoms with Crippen molar-refractivity contribution in [2.24, 2.45) is 0 Å². The molecule has 0 saturated heterocycles. The average molecular weight is 183 g/mol. The van der Waals surface area contributed by atoms with Crippen molar-refractivity contribution < 1.29 is 9.18 Å². The summed E-state index contributed by atoms with van der Waals surface area (Å²) >= 11 is 1.01. The molecule has 2 heterocycles. The number of carbonyl (C=O) groups excluding carboxylic acids is 1. The van der Waals surface area contributed by atoms with Crippen LogP contribution >= 0.6 is 11.8 Å². The summed E-state index contributed by atoms with van der Waals surface area (Å²) in [5.74, 6) is -0.517. The van der Waals surface area contributed by atoms with Crippen LogP contribution < -0.4 is 5.32 Å². The predicted molar refractivity (Wildman–Crippen MR) is 42.4 cm³/mol. The maximum atomic E-state index is 12.5. The lowest BCUT2D eigenvalue weighted by Gasteiger charge is -2.13. The molecule has 3 nitrogen and oxygen atoms in total. The third-order valence-corrected chi connectivity index (χ3v) is 2.28. The van der Waals surface area contributed by atoms with Gasteiger partial charge < -0.3 is 5.32 Å². The number of pyridine rings is 1. The van der Waals surface area contributed by atoms with Crippen molar-refractivity contribution in [1.82, 2.24) is 4.98 Å². The molecule has 1 aliphatic rings. The smallest absolute Gasteiger partial charge is 0.214 e. The quantitative estimate of drug-likeness (QED) is 0.653. The minimum atomic E-state index is -0.517. The van der Waals surface area contributed by atoms with Crippen LogP contribution in [-0.2, 0) is 4.79 Å². The van der Waals surface area contributed by atoms with Crippen molar-refractivity contribution in [1.29, 1.82) is 0 Å². The summed E-state index contributed by atoms with van der Waals surface area (Å²) in [6.45, 7) is 0.225. The molecule has 0 atom stereocenters. The molecule has 0 bridgehead atoms. The minimum absolute atomic E-state index is 0.0185. The molecule has 0 aromatic carbocycles. The summed E-state index contributed by atoms with van der Waals surface area (Å²) in [7, 11) is 0. The van der Waals surface area contributed by atoms with E-state index in [0.29, 0.717) is 10.7 Å². The standard InChI is InChI=1S/C7H4FN2OS/c8-4-1-5-7(10-2-4)12-6(11)3-9-5/h1,9H,3H2. The first kappa shape index (κ1) is 7.54. The third-order valence-electron chi connectivity index (χ3n) is 1.40. The lowest BCUT2D eigenvalue weighted by atomic mass is 10.4. The van der Waals surface area contributed by atoms with Crippen molar-refractivity contribution in [3.63, 3.8) is 0 Å². The van der Waals surface area contributed by atoms with Gasteiger partial charge in [0.1, 0.15) is 11.2 Å². The molecule has 1 N–H and O–H groups in total. The third kappa shape index (κ3) is 1.27. The summed E-state index contributed by atoms with van der Waals surface area (Å²) in [5, 5.41) is 3.24. The van der Waals surface area contributed by atoms with Crippen molar-refractivity contribution >= 4 is 22.6 Å². The van der Waals surface area contributed by atoms with Gasteiger partial charge in [0.05, 0.1) is 12.2 Å². The molecule has 0 fully saturated rings. The zero-order chi connectivity index (χ0) is 8.55. The van der Waals surface area contributed by atoms with Crippen molar-refractivity contribution in [2.75, 3.05) is 11.9 Å². The van der Waals surface area contributed by atoms with Crippen LogP contribution in [0.3, 0.4) is 0 Å². The van der Waals surface area contributed by atoms with Gasteiger partial charge in [0.25, 0.3) is 0 Å². The van der Waals surface area contributed by atoms with Crippen molar-refractivity contribution in [3.8, 4) is 0 Å². The van der Waals surface area contributed by atoms with Crippen LogP contribution in [0.1, 0.15) is 0 Å². The van der Waals surface area contributed by atoms with Gasteiger partial charge in [-0.1, -0.05) is 0 Å². The number of hydrogen-bond donors (Lipinski definition) is 1. The van der Waals surface area contributed by atoms with Gasteiger partial charge in [-0.25, -0.2) is 9.37 Å². The van der Waals surface area contributed by atoms with Gasteiger partial charge in [-0.2, -0.15) is 0 Å². The molecule has 0 amide bonds. The van der Waals surface area contributed by atoms with Gasteiger partial charge in [0, 0.05) is 6.07 Å². The number of carbonyl (C=O) groups is 1. The Balaban J connectivity index is 2.43. The van der Waals surface area contributed by atoms with E-state index in [-0.39, 0.29) is 11.7 Å². The highest BCUT2D eigenvalue weighted by atomic mass is 32.2. The van der Waals surface area contributed by atoms with Crippen LogP contribution in [0.4, 0.5) is 10.1 Å². The van der Waals surface area contributed by atoms with E-state index in [1.807, 2.05) is 0 Å². The maximum Gasteiger partial charge on any atom is 0.214 e. The zero-order valence-corrected chi connectivity index (χ0v) is 6.74. The summed E-state index contributed by atoms with van der Waals surface area (Å²) in [6, 6.07) is 1.28. The highest BCUT2D eigenvalue weighted by molar-refractivity contribution is 8.13. The summed E-state index contributed by atoms with van der Waals surface area (Å²) in [5.41, 5.74) is 0.566. The topological polar surface area (TPSA) is 42.0 Å². The number of anilines is 1. The second kappa shape index (κ2) is 2.75. The van der Waals surface area contributed by atoms with Gasteiger partial charge >= 0.3 is 0 Å². The lowest BCUT2D eigenvalue weighted by molar-refractivity contribution is -0.109. The van der Waals surface area contributed by atoms with E-state index in [9.17, 15) is 9.18 Å². The molecular weight excluding hydrogens is 179 g/mol. The molecule has 0 saturated carbocycles. The van der Waals surface area contributed by atoms with E-state index in [4.69, 9.17) is 0 Å². The minimum Gasteiger partial charge on any atom is -0.375 e. The molecule has 1 aliphatic heterocycles. The second-order valence-corrected chi connectivity index (χ2v) is 3.31. The fraction of sp³-hybridized carbons (Fsp3) is 0.143. The Morgan fingerprint density at radius 1 is 1.75 bits per heavy atom. The van der Waals surface area contributed by atoms with Crippen molar-refractivity contribution in [2.45, 2.75) is 5.03 Å². The number of hydrogen-bond acceptors (Lipinski definition) is 4. The number of halogens is 1. The number of nitrogens with one attached hydrogen (secondary N) is 1. The Hall–Kier alpha value is -1.10. The van der Waals surface area contributed by atoms with Crippen LogP contribution in [0.15, 0.2) is 11.1 Å². The fourth-order valence-corrected chi connectivity index (χ4v) is 1.59. The molecule has 1 aromatic heterocycles. The highest BCUT2D eigenvalue weighted by Crippen LogP contribution is 2.29. The number of aromatic nitrogens is 1. The fourth-order valence-electron chi connectivity index (χ4n) is 0.901. The SMILES string of the molecule is O=C1CNc2cc(F)[c]nc2S1. The Morgan fingerprint density at radius 2 is 2.58 bits per heavy atom. The van der Waals surface area contributed by atoms with Gasteiger partial charge in [-0.15, -0.1) is 0 Å². The van der Waals surface area contributed by atoms with Crippen LogP contribution in [0.5, 0.6) is 0 Å². The Labute approximate surface area is 72.4 Å². The Kier molecular flexibility index (Phi) is 1.73. The summed E-state index contributed by atoms with van der Waals surface area (Å²) in [6.07, 6.45) is 2.15. The first-order valence-corrected chi connectivity index (χ1v) is 4.10.